The van der Waals surface area contributed by atoms with Crippen LogP contribution in [0.25, 0.3) is 0 Å². The largest absolute Gasteiger partial charge is 0.353 e. The Bertz CT molecular complexity index is 936. The molecule has 1 atom stereocenters. The van der Waals surface area contributed by atoms with Crippen molar-refractivity contribution in [3.63, 3.8) is 0 Å². The summed E-state index contributed by atoms with van der Waals surface area (Å²) in [7, 11) is -0.179. The number of sulfonamides is 1. The van der Waals surface area contributed by atoms with E-state index in [1.807, 2.05) is 19.3 Å². The van der Waals surface area contributed by atoms with Crippen LogP contribution in [0.4, 0.5) is 5.69 Å². The molecule has 1 aromatic heterocycles. The van der Waals surface area contributed by atoms with Crippen LogP contribution in [0.15, 0.2) is 41.4 Å². The maximum atomic E-state index is 12.6. The lowest BCUT2D eigenvalue weighted by Crippen LogP contribution is -2.33. The van der Waals surface area contributed by atoms with Crippen molar-refractivity contribution in [1.82, 2.24) is 14.2 Å². The molecule has 1 aliphatic heterocycles. The molecule has 3 rings (SSSR count). The highest BCUT2D eigenvalue weighted by Crippen LogP contribution is 2.31. The van der Waals surface area contributed by atoms with Gasteiger partial charge in [0.15, 0.2) is 0 Å². The molecule has 1 amide bonds. The number of carbonyl (C=O) groups excluding carboxylic acids is 1. The van der Waals surface area contributed by atoms with E-state index in [9.17, 15) is 13.2 Å². The Kier molecular flexibility index (Phi) is 5.69. The average molecular weight is 391 g/mol. The molecule has 1 fully saturated rings. The van der Waals surface area contributed by atoms with Crippen LogP contribution in [0.1, 0.15) is 30.1 Å². The van der Waals surface area contributed by atoms with Crippen molar-refractivity contribution in [3.8, 4) is 0 Å². The molecule has 8 heteroatoms. The van der Waals surface area contributed by atoms with Gasteiger partial charge in [-0.05, 0) is 63.2 Å². The van der Waals surface area contributed by atoms with Gasteiger partial charge >= 0.3 is 0 Å². The number of nitrogens with one attached hydrogen (secondary N) is 2. The highest BCUT2D eigenvalue weighted by molar-refractivity contribution is 7.89. The van der Waals surface area contributed by atoms with E-state index in [0.29, 0.717) is 11.3 Å². The Morgan fingerprint density at radius 2 is 2.07 bits per heavy atom. The summed E-state index contributed by atoms with van der Waals surface area (Å²) in [5.41, 5.74) is 2.32. The molecule has 0 bridgehead atoms. The van der Waals surface area contributed by atoms with E-state index in [2.05, 4.69) is 25.6 Å². The number of hydrogen-bond donors (Lipinski definition) is 2. The molecular formula is C19H26N4O3S. The van der Waals surface area contributed by atoms with Crippen LogP contribution in [0.2, 0.25) is 0 Å². The van der Waals surface area contributed by atoms with Gasteiger partial charge < -0.3 is 9.88 Å². The van der Waals surface area contributed by atoms with Gasteiger partial charge in [-0.1, -0.05) is 6.07 Å². The Balaban J connectivity index is 1.71. The summed E-state index contributed by atoms with van der Waals surface area (Å²) in [6.45, 7) is 2.87. The highest BCUT2D eigenvalue weighted by atomic mass is 32.2. The minimum absolute atomic E-state index is 0.146. The Morgan fingerprint density at radius 3 is 2.74 bits per heavy atom. The minimum Gasteiger partial charge on any atom is -0.353 e. The van der Waals surface area contributed by atoms with Gasteiger partial charge in [-0.25, -0.2) is 13.1 Å². The Labute approximate surface area is 160 Å². The van der Waals surface area contributed by atoms with Crippen LogP contribution < -0.4 is 10.0 Å². The second-order valence-electron chi connectivity index (χ2n) is 6.91. The van der Waals surface area contributed by atoms with Crippen LogP contribution in [0.5, 0.6) is 0 Å². The van der Waals surface area contributed by atoms with E-state index < -0.39 is 10.0 Å². The quantitative estimate of drug-likeness (QED) is 0.790. The third-order valence-electron chi connectivity index (χ3n) is 5.07. The summed E-state index contributed by atoms with van der Waals surface area (Å²) in [5, 5.41) is 2.83. The lowest BCUT2D eigenvalue weighted by Gasteiger charge is -2.24. The SMILES string of the molecule is CNS(=O)(=O)c1cc(NC(=O)CN2CCC[C@@H]2c2cccn2C)ccc1C. The first-order valence-corrected chi connectivity index (χ1v) is 10.5. The summed E-state index contributed by atoms with van der Waals surface area (Å²) in [4.78, 5) is 14.9. The lowest BCUT2D eigenvalue weighted by atomic mass is 10.1. The van der Waals surface area contributed by atoms with Crippen molar-refractivity contribution in [3.05, 3.63) is 47.8 Å². The predicted molar refractivity (Wildman–Crippen MR) is 105 cm³/mol. The zero-order valence-electron chi connectivity index (χ0n) is 15.9. The second kappa shape index (κ2) is 7.84. The van der Waals surface area contributed by atoms with Crippen LogP contribution in [0.3, 0.4) is 0 Å². The summed E-state index contributed by atoms with van der Waals surface area (Å²) in [6.07, 6.45) is 4.10. The fourth-order valence-corrected chi connectivity index (χ4v) is 4.63. The molecule has 2 aromatic rings. The molecule has 2 heterocycles. The lowest BCUT2D eigenvalue weighted by molar-refractivity contribution is -0.117. The van der Waals surface area contributed by atoms with Crippen molar-refractivity contribution >= 4 is 21.6 Å². The summed E-state index contributed by atoms with van der Waals surface area (Å²) in [5.74, 6) is -0.146. The first-order chi connectivity index (χ1) is 12.8. The van der Waals surface area contributed by atoms with Gasteiger partial charge in [0.1, 0.15) is 0 Å². The van der Waals surface area contributed by atoms with Crippen LogP contribution in [0, 0.1) is 6.92 Å². The minimum atomic E-state index is -3.57. The van der Waals surface area contributed by atoms with Gasteiger partial charge in [0, 0.05) is 24.6 Å². The molecule has 146 valence electrons. The second-order valence-corrected chi connectivity index (χ2v) is 8.76. The highest BCUT2D eigenvalue weighted by Gasteiger charge is 2.29. The number of carbonyl (C=O) groups is 1. The zero-order chi connectivity index (χ0) is 19.6. The van der Waals surface area contributed by atoms with Crippen LogP contribution >= 0.6 is 0 Å². The molecule has 27 heavy (non-hydrogen) atoms. The third kappa shape index (κ3) is 4.23. The number of likely N-dealkylation sites (tertiary alicyclic amines) is 1. The fourth-order valence-electron chi connectivity index (χ4n) is 3.63. The normalized spacial score (nSPS) is 18.0. The van der Waals surface area contributed by atoms with Crippen molar-refractivity contribution in [2.45, 2.75) is 30.7 Å². The van der Waals surface area contributed by atoms with Gasteiger partial charge in [-0.15, -0.1) is 0 Å². The molecule has 0 spiro atoms. The molecule has 1 aliphatic rings. The zero-order valence-corrected chi connectivity index (χ0v) is 16.7. The molecule has 0 radical (unpaired) electrons. The maximum absolute atomic E-state index is 12.6. The Morgan fingerprint density at radius 1 is 1.30 bits per heavy atom. The van der Waals surface area contributed by atoms with E-state index in [1.165, 1.54) is 18.8 Å². The first-order valence-electron chi connectivity index (χ1n) is 9.01. The predicted octanol–water partition coefficient (Wildman–Crippen LogP) is 2.02. The van der Waals surface area contributed by atoms with Gasteiger partial charge in [-0.2, -0.15) is 0 Å². The van der Waals surface area contributed by atoms with E-state index in [1.54, 1.807) is 19.1 Å². The molecule has 1 aromatic carbocycles. The molecular weight excluding hydrogens is 364 g/mol. The van der Waals surface area contributed by atoms with Crippen molar-refractivity contribution < 1.29 is 13.2 Å². The number of aryl methyl sites for hydroxylation is 2. The number of hydrogen-bond acceptors (Lipinski definition) is 4. The topological polar surface area (TPSA) is 83.4 Å². The Hall–Kier alpha value is -2.16. The molecule has 7 nitrogen and oxygen atoms in total. The van der Waals surface area contributed by atoms with Gasteiger partial charge in [0.05, 0.1) is 17.5 Å². The van der Waals surface area contributed by atoms with Crippen molar-refractivity contribution in [1.29, 1.82) is 0 Å². The van der Waals surface area contributed by atoms with Crippen LogP contribution in [-0.2, 0) is 21.9 Å². The standard InChI is InChI=1S/C19H26N4O3S/c1-14-8-9-15(12-18(14)27(25,26)20-2)21-19(24)13-23-11-5-7-17(23)16-6-4-10-22(16)3/h4,6,8-10,12,17,20H,5,7,11,13H2,1-3H3,(H,21,24)/t17-/m1/s1. The van der Waals surface area contributed by atoms with Gasteiger partial charge in [0.2, 0.25) is 15.9 Å². The number of amides is 1. The smallest absolute Gasteiger partial charge is 0.240 e. The van der Waals surface area contributed by atoms with E-state index >= 15 is 0 Å². The van der Waals surface area contributed by atoms with Crippen molar-refractivity contribution in [2.75, 3.05) is 25.5 Å². The monoisotopic (exact) mass is 390 g/mol. The number of rotatable bonds is 6. The molecule has 0 aliphatic carbocycles. The summed E-state index contributed by atoms with van der Waals surface area (Å²) < 4.78 is 28.6. The molecule has 1 saturated heterocycles. The number of benzene rings is 1. The van der Waals surface area contributed by atoms with E-state index in [0.717, 1.165) is 19.4 Å². The van der Waals surface area contributed by atoms with Crippen LogP contribution in [-0.4, -0.2) is 43.9 Å². The van der Waals surface area contributed by atoms with Gasteiger partial charge in [0.25, 0.3) is 0 Å². The molecule has 0 unspecified atom stereocenters. The molecule has 0 saturated carbocycles. The number of aromatic nitrogens is 1. The van der Waals surface area contributed by atoms with E-state index in [-0.39, 0.29) is 23.4 Å². The third-order valence-corrected chi connectivity index (χ3v) is 6.62. The summed E-state index contributed by atoms with van der Waals surface area (Å²) >= 11 is 0. The average Bonchev–Trinajstić information content (AvgIpc) is 3.24. The van der Waals surface area contributed by atoms with E-state index in [4.69, 9.17) is 0 Å². The fraction of sp³-hybridized carbons (Fsp3) is 0.421. The number of nitrogens with zero attached hydrogens (tertiary/aromatic N) is 2. The van der Waals surface area contributed by atoms with Crippen molar-refractivity contribution in [2.24, 2.45) is 7.05 Å². The molecule has 2 N–H and O–H groups in total. The van der Waals surface area contributed by atoms with Gasteiger partial charge in [-0.3, -0.25) is 9.69 Å². The number of anilines is 1. The first kappa shape index (κ1) is 19.6. The maximum Gasteiger partial charge on any atom is 0.240 e. The summed E-state index contributed by atoms with van der Waals surface area (Å²) in [6, 6.07) is 9.26.